The minimum absolute atomic E-state index is 0.0725. The zero-order valence-electron chi connectivity index (χ0n) is 7.61. The van der Waals surface area contributed by atoms with Gasteiger partial charge in [-0.05, 0) is 6.92 Å². The summed E-state index contributed by atoms with van der Waals surface area (Å²) in [7, 11) is 1.45. The number of amides is 1. The van der Waals surface area contributed by atoms with E-state index in [-0.39, 0.29) is 12.5 Å². The normalized spacial score (nSPS) is 12.5. The van der Waals surface area contributed by atoms with Crippen LogP contribution in [0.4, 0.5) is 0 Å². The zero-order chi connectivity index (χ0) is 10.3. The lowest BCUT2D eigenvalue weighted by molar-refractivity contribution is -0.140. The maximum absolute atomic E-state index is 10.8. The third kappa shape index (κ3) is 7.02. The molecule has 0 fully saturated rings. The molecule has 0 aliphatic heterocycles. The summed E-state index contributed by atoms with van der Waals surface area (Å²) in [5.41, 5.74) is 0. The molecule has 1 atom stereocenters. The maximum Gasteiger partial charge on any atom is 0.331 e. The molecule has 0 spiro atoms. The van der Waals surface area contributed by atoms with Gasteiger partial charge >= 0.3 is 5.97 Å². The smallest absolute Gasteiger partial charge is 0.331 e. The number of ether oxygens (including phenoxy) is 1. The number of esters is 1. The van der Waals surface area contributed by atoms with Crippen molar-refractivity contribution in [1.82, 2.24) is 5.32 Å². The third-order valence-corrected chi connectivity index (χ3v) is 1.08. The molecule has 74 valence electrons. The van der Waals surface area contributed by atoms with Gasteiger partial charge in [0.15, 0.2) is 0 Å². The summed E-state index contributed by atoms with van der Waals surface area (Å²) < 4.78 is 4.54. The van der Waals surface area contributed by atoms with Crippen LogP contribution >= 0.6 is 0 Å². The fraction of sp³-hybridized carbons (Fsp3) is 0.500. The fourth-order valence-electron chi connectivity index (χ4n) is 0.478. The van der Waals surface area contributed by atoms with Crippen LogP contribution in [-0.4, -0.2) is 36.7 Å². The molecule has 2 N–H and O–H groups in total. The topological polar surface area (TPSA) is 75.6 Å². The van der Waals surface area contributed by atoms with E-state index in [1.165, 1.54) is 14.0 Å². The summed E-state index contributed by atoms with van der Waals surface area (Å²) in [5.74, 6) is -1.03. The molecule has 0 aliphatic carbocycles. The Bertz CT molecular complexity index is 210. The minimum atomic E-state index is -0.697. The molecule has 0 bridgehead atoms. The van der Waals surface area contributed by atoms with Crippen molar-refractivity contribution in [2.24, 2.45) is 0 Å². The summed E-state index contributed by atoms with van der Waals surface area (Å²) in [4.78, 5) is 21.4. The van der Waals surface area contributed by atoms with Crippen LogP contribution in [-0.2, 0) is 14.3 Å². The van der Waals surface area contributed by atoms with Crippen molar-refractivity contribution in [3.63, 3.8) is 0 Å². The first kappa shape index (κ1) is 11.6. The largest absolute Gasteiger partial charge is 0.460 e. The quantitative estimate of drug-likeness (QED) is 0.447. The lowest BCUT2D eigenvalue weighted by atomic mass is 10.4. The molecule has 0 aromatic heterocycles. The average molecular weight is 187 g/mol. The van der Waals surface area contributed by atoms with E-state index in [4.69, 9.17) is 5.11 Å². The van der Waals surface area contributed by atoms with Gasteiger partial charge in [-0.1, -0.05) is 0 Å². The molecule has 5 heteroatoms. The Labute approximate surface area is 76.4 Å². The van der Waals surface area contributed by atoms with Crippen LogP contribution in [0.25, 0.3) is 0 Å². The monoisotopic (exact) mass is 187 g/mol. The van der Waals surface area contributed by atoms with Gasteiger partial charge in [-0.25, -0.2) is 4.79 Å². The summed E-state index contributed by atoms with van der Waals surface area (Å²) in [5, 5.41) is 11.0. The Morgan fingerprint density at radius 2 is 2.15 bits per heavy atom. The van der Waals surface area contributed by atoms with E-state index < -0.39 is 12.1 Å². The van der Waals surface area contributed by atoms with Crippen molar-refractivity contribution in [3.8, 4) is 0 Å². The highest BCUT2D eigenvalue weighted by molar-refractivity contribution is 5.94. The molecule has 1 amide bonds. The van der Waals surface area contributed by atoms with Crippen LogP contribution in [0.3, 0.4) is 0 Å². The Kier molecular flexibility index (Phi) is 5.54. The van der Waals surface area contributed by atoms with Crippen LogP contribution in [0.5, 0.6) is 0 Å². The van der Waals surface area contributed by atoms with E-state index in [2.05, 4.69) is 10.1 Å². The van der Waals surface area contributed by atoms with Crippen LogP contribution in [0.1, 0.15) is 6.92 Å². The van der Waals surface area contributed by atoms with E-state index in [1.807, 2.05) is 0 Å². The number of likely N-dealkylation sites (N-methyl/N-ethyl adjacent to an activating group) is 1. The van der Waals surface area contributed by atoms with Gasteiger partial charge in [0, 0.05) is 19.2 Å². The van der Waals surface area contributed by atoms with Gasteiger partial charge < -0.3 is 15.2 Å². The van der Waals surface area contributed by atoms with Crippen LogP contribution in [0.15, 0.2) is 12.2 Å². The Balaban J connectivity index is 3.74. The first-order chi connectivity index (χ1) is 6.06. The number of carbonyl (C=O) groups is 2. The maximum atomic E-state index is 10.8. The van der Waals surface area contributed by atoms with Gasteiger partial charge in [-0.2, -0.15) is 0 Å². The molecular weight excluding hydrogens is 174 g/mol. The number of aliphatic hydroxyl groups excluding tert-OH is 1. The van der Waals surface area contributed by atoms with E-state index in [9.17, 15) is 9.59 Å². The summed E-state index contributed by atoms with van der Waals surface area (Å²) in [6, 6.07) is 0. The molecule has 0 saturated carbocycles. The Morgan fingerprint density at radius 3 is 2.62 bits per heavy atom. The highest BCUT2D eigenvalue weighted by Gasteiger charge is 2.00. The second-order valence-corrected chi connectivity index (χ2v) is 2.43. The van der Waals surface area contributed by atoms with Gasteiger partial charge in [-0.15, -0.1) is 0 Å². The van der Waals surface area contributed by atoms with Crippen molar-refractivity contribution >= 4 is 11.9 Å². The predicted octanol–water partition coefficient (Wildman–Crippen LogP) is -0.787. The van der Waals surface area contributed by atoms with Crippen LogP contribution in [0, 0.1) is 0 Å². The Hall–Kier alpha value is -1.36. The molecule has 0 aromatic carbocycles. The molecule has 13 heavy (non-hydrogen) atoms. The number of aliphatic hydroxyl groups is 1. The van der Waals surface area contributed by atoms with Crippen molar-refractivity contribution in [1.29, 1.82) is 0 Å². The number of rotatable bonds is 4. The second kappa shape index (κ2) is 6.19. The molecule has 0 radical (unpaired) electrons. The standard InChI is InChI=1S/C8H13NO4/c1-6(10)5-13-8(12)4-3-7(11)9-2/h3-4,6,10H,5H2,1-2H3,(H,9,11)/b4-3-. The number of nitrogens with one attached hydrogen (secondary N) is 1. The first-order valence-corrected chi connectivity index (χ1v) is 3.81. The molecule has 0 aliphatic rings. The number of hydrogen-bond acceptors (Lipinski definition) is 4. The van der Waals surface area contributed by atoms with Crippen LogP contribution < -0.4 is 5.32 Å². The average Bonchev–Trinajstić information content (AvgIpc) is 2.10. The molecule has 0 aromatic rings. The summed E-state index contributed by atoms with van der Waals surface area (Å²) in [6.45, 7) is 1.42. The number of hydrogen-bond donors (Lipinski definition) is 2. The van der Waals surface area contributed by atoms with Gasteiger partial charge in [0.2, 0.25) is 5.91 Å². The van der Waals surface area contributed by atoms with Gasteiger partial charge in [0.1, 0.15) is 6.61 Å². The molecular formula is C8H13NO4. The lowest BCUT2D eigenvalue weighted by Crippen LogP contribution is -2.16. The van der Waals surface area contributed by atoms with E-state index in [0.717, 1.165) is 12.2 Å². The minimum Gasteiger partial charge on any atom is -0.460 e. The molecule has 0 rings (SSSR count). The van der Waals surface area contributed by atoms with E-state index in [1.54, 1.807) is 0 Å². The molecule has 1 unspecified atom stereocenters. The van der Waals surface area contributed by atoms with Gasteiger partial charge in [-0.3, -0.25) is 4.79 Å². The van der Waals surface area contributed by atoms with Gasteiger partial charge in [0.05, 0.1) is 6.10 Å². The Morgan fingerprint density at radius 1 is 1.54 bits per heavy atom. The first-order valence-electron chi connectivity index (χ1n) is 3.81. The highest BCUT2D eigenvalue weighted by atomic mass is 16.5. The second-order valence-electron chi connectivity index (χ2n) is 2.43. The number of carbonyl (C=O) groups excluding carboxylic acids is 2. The van der Waals surface area contributed by atoms with Crippen molar-refractivity contribution in [2.45, 2.75) is 13.0 Å². The summed E-state index contributed by atoms with van der Waals surface area (Å²) >= 11 is 0. The fourth-order valence-corrected chi connectivity index (χ4v) is 0.478. The van der Waals surface area contributed by atoms with Crippen molar-refractivity contribution in [3.05, 3.63) is 12.2 Å². The molecule has 5 nitrogen and oxygen atoms in total. The highest BCUT2D eigenvalue weighted by Crippen LogP contribution is 1.86. The van der Waals surface area contributed by atoms with Crippen molar-refractivity contribution in [2.75, 3.05) is 13.7 Å². The van der Waals surface area contributed by atoms with E-state index in [0.29, 0.717) is 0 Å². The SMILES string of the molecule is CNC(=O)/C=C\C(=O)OCC(C)O. The predicted molar refractivity (Wildman–Crippen MR) is 45.8 cm³/mol. The van der Waals surface area contributed by atoms with Gasteiger partial charge in [0.25, 0.3) is 0 Å². The lowest BCUT2D eigenvalue weighted by Gasteiger charge is -2.02. The van der Waals surface area contributed by atoms with E-state index >= 15 is 0 Å². The van der Waals surface area contributed by atoms with Crippen molar-refractivity contribution < 1.29 is 19.4 Å². The molecule has 0 heterocycles. The van der Waals surface area contributed by atoms with Crippen LogP contribution in [0.2, 0.25) is 0 Å². The summed E-state index contributed by atoms with van der Waals surface area (Å²) in [6.07, 6.45) is 1.36. The third-order valence-electron chi connectivity index (χ3n) is 1.08. The molecule has 0 saturated heterocycles. The zero-order valence-corrected chi connectivity index (χ0v) is 7.61.